The van der Waals surface area contributed by atoms with E-state index in [9.17, 15) is 8.42 Å². The number of anilines is 2. The van der Waals surface area contributed by atoms with Gasteiger partial charge in [0.05, 0.1) is 0 Å². The summed E-state index contributed by atoms with van der Waals surface area (Å²) in [5.74, 6) is 2.21. The molecular weight excluding hydrogens is 402 g/mol. The second kappa shape index (κ2) is 8.50. The van der Waals surface area contributed by atoms with Crippen LogP contribution in [0.4, 0.5) is 11.8 Å². The van der Waals surface area contributed by atoms with Crippen molar-refractivity contribution in [3.8, 4) is 0 Å². The molecule has 1 saturated heterocycles. The minimum Gasteiger partial charge on any atom is -0.354 e. The second-order valence-electron chi connectivity index (χ2n) is 8.30. The molecule has 4 rings (SSSR count). The first-order chi connectivity index (χ1) is 14.3. The van der Waals surface area contributed by atoms with Gasteiger partial charge in [-0.3, -0.25) is 0 Å². The number of imidazole rings is 1. The van der Waals surface area contributed by atoms with Crippen molar-refractivity contribution in [2.24, 2.45) is 7.05 Å². The monoisotopic (exact) mass is 433 g/mol. The fourth-order valence-corrected chi connectivity index (χ4v) is 5.60. The molecule has 0 aromatic carbocycles. The van der Waals surface area contributed by atoms with Gasteiger partial charge in [0.25, 0.3) is 10.0 Å². The van der Waals surface area contributed by atoms with Gasteiger partial charge in [-0.25, -0.2) is 18.4 Å². The van der Waals surface area contributed by atoms with Gasteiger partial charge in [0.2, 0.25) is 5.95 Å². The summed E-state index contributed by atoms with van der Waals surface area (Å²) in [4.78, 5) is 15.6. The zero-order chi connectivity index (χ0) is 21.3. The number of rotatable bonds is 5. The van der Waals surface area contributed by atoms with Gasteiger partial charge in [-0.15, -0.1) is 0 Å². The molecular formula is C20H31N7O2S. The van der Waals surface area contributed by atoms with Crippen molar-refractivity contribution in [2.75, 3.05) is 36.4 Å². The van der Waals surface area contributed by atoms with Crippen LogP contribution in [0.1, 0.15) is 43.6 Å². The van der Waals surface area contributed by atoms with Gasteiger partial charge in [0.15, 0.2) is 5.03 Å². The zero-order valence-corrected chi connectivity index (χ0v) is 18.8. The van der Waals surface area contributed by atoms with Crippen LogP contribution in [0.2, 0.25) is 0 Å². The van der Waals surface area contributed by atoms with E-state index in [0.29, 0.717) is 44.0 Å². The summed E-state index contributed by atoms with van der Waals surface area (Å²) in [6.45, 7) is 5.77. The van der Waals surface area contributed by atoms with Crippen LogP contribution in [0.5, 0.6) is 0 Å². The van der Waals surface area contributed by atoms with Crippen LogP contribution in [-0.2, 0) is 17.1 Å². The minimum atomic E-state index is -3.58. The van der Waals surface area contributed by atoms with Gasteiger partial charge < -0.3 is 14.8 Å². The van der Waals surface area contributed by atoms with Crippen molar-refractivity contribution in [2.45, 2.75) is 57.0 Å². The van der Waals surface area contributed by atoms with Crippen molar-refractivity contribution in [3.63, 3.8) is 0 Å². The van der Waals surface area contributed by atoms with E-state index >= 15 is 0 Å². The molecule has 1 N–H and O–H groups in total. The first-order valence-corrected chi connectivity index (χ1v) is 12.1. The molecule has 0 atom stereocenters. The summed E-state index contributed by atoms with van der Waals surface area (Å²) in [5, 5.41) is 3.62. The van der Waals surface area contributed by atoms with E-state index < -0.39 is 10.0 Å². The van der Waals surface area contributed by atoms with E-state index in [1.807, 2.05) is 13.0 Å². The zero-order valence-electron chi connectivity index (χ0n) is 18.0. The Kier molecular flexibility index (Phi) is 5.97. The van der Waals surface area contributed by atoms with E-state index in [-0.39, 0.29) is 5.03 Å². The fraction of sp³-hybridized carbons (Fsp3) is 0.650. The molecule has 1 aliphatic heterocycles. The van der Waals surface area contributed by atoms with E-state index in [1.165, 1.54) is 23.6 Å². The lowest BCUT2D eigenvalue weighted by atomic mass is 9.96. The first-order valence-electron chi connectivity index (χ1n) is 10.7. The van der Waals surface area contributed by atoms with Gasteiger partial charge >= 0.3 is 0 Å². The predicted octanol–water partition coefficient (Wildman–Crippen LogP) is 2.08. The molecule has 10 heteroatoms. The molecule has 1 aliphatic carbocycles. The number of piperazine rings is 1. The van der Waals surface area contributed by atoms with E-state index in [1.54, 1.807) is 24.7 Å². The Balaban J connectivity index is 1.43. The number of nitrogens with one attached hydrogen (secondary N) is 1. The highest BCUT2D eigenvalue weighted by atomic mass is 32.2. The lowest BCUT2D eigenvalue weighted by Crippen LogP contribution is -2.49. The molecule has 0 radical (unpaired) electrons. The average molecular weight is 434 g/mol. The quantitative estimate of drug-likeness (QED) is 0.771. The molecule has 0 amide bonds. The van der Waals surface area contributed by atoms with Crippen molar-refractivity contribution in [1.29, 1.82) is 0 Å². The van der Waals surface area contributed by atoms with Crippen LogP contribution in [-0.4, -0.2) is 64.5 Å². The maximum Gasteiger partial charge on any atom is 0.262 e. The van der Waals surface area contributed by atoms with E-state index in [2.05, 4.69) is 20.2 Å². The molecule has 0 bridgehead atoms. The van der Waals surface area contributed by atoms with E-state index in [0.717, 1.165) is 24.4 Å². The molecule has 164 valence electrons. The highest BCUT2D eigenvalue weighted by Crippen LogP contribution is 2.23. The second-order valence-corrected chi connectivity index (χ2v) is 10.2. The molecule has 0 spiro atoms. The van der Waals surface area contributed by atoms with Crippen LogP contribution in [0.3, 0.4) is 0 Å². The maximum atomic E-state index is 12.9. The van der Waals surface area contributed by atoms with Gasteiger partial charge in [0, 0.05) is 57.2 Å². The topological polar surface area (TPSA) is 96.3 Å². The van der Waals surface area contributed by atoms with E-state index in [4.69, 9.17) is 4.98 Å². The number of aromatic nitrogens is 4. The standard InChI is InChI=1S/C20H31N7O2S/c1-15-13-18(24-20(21-15)23-17-7-5-4-6-8-17)26-9-11-27(12-10-26)30(28,29)19-14-25(3)16(2)22-19/h13-14,17H,4-12H2,1-3H3,(H,21,23,24). The Morgan fingerprint density at radius 1 is 1.00 bits per heavy atom. The number of sulfonamides is 1. The summed E-state index contributed by atoms with van der Waals surface area (Å²) in [6.07, 6.45) is 7.72. The molecule has 2 aliphatic rings. The summed E-state index contributed by atoms with van der Waals surface area (Å²) in [5.41, 5.74) is 0.914. The Morgan fingerprint density at radius 2 is 1.70 bits per heavy atom. The molecule has 9 nitrogen and oxygen atoms in total. The predicted molar refractivity (Wildman–Crippen MR) is 116 cm³/mol. The third-order valence-electron chi connectivity index (χ3n) is 6.03. The highest BCUT2D eigenvalue weighted by molar-refractivity contribution is 7.89. The Hall–Kier alpha value is -2.20. The lowest BCUT2D eigenvalue weighted by Gasteiger charge is -2.34. The normalized spacial score (nSPS) is 19.2. The largest absolute Gasteiger partial charge is 0.354 e. The van der Waals surface area contributed by atoms with Crippen LogP contribution >= 0.6 is 0 Å². The van der Waals surface area contributed by atoms with Gasteiger partial charge in [-0.2, -0.15) is 9.29 Å². The van der Waals surface area contributed by atoms with Crippen molar-refractivity contribution < 1.29 is 8.42 Å². The summed E-state index contributed by atoms with van der Waals surface area (Å²) < 4.78 is 29.1. The SMILES string of the molecule is Cc1cc(N2CCN(S(=O)(=O)c3cn(C)c(C)n3)CC2)nc(NC2CCCCC2)n1. The summed E-state index contributed by atoms with van der Waals surface area (Å²) in [7, 11) is -1.77. The summed E-state index contributed by atoms with van der Waals surface area (Å²) >= 11 is 0. The molecule has 2 aromatic rings. The number of nitrogens with zero attached hydrogens (tertiary/aromatic N) is 6. The molecule has 1 saturated carbocycles. The molecule has 30 heavy (non-hydrogen) atoms. The van der Waals surface area contributed by atoms with Gasteiger partial charge in [-0.1, -0.05) is 19.3 Å². The molecule has 0 unspecified atom stereocenters. The summed E-state index contributed by atoms with van der Waals surface area (Å²) in [6, 6.07) is 2.41. The van der Waals surface area contributed by atoms with Gasteiger partial charge in [0.1, 0.15) is 11.6 Å². The third kappa shape index (κ3) is 4.44. The number of hydrogen-bond acceptors (Lipinski definition) is 7. The fourth-order valence-electron chi connectivity index (χ4n) is 4.15. The third-order valence-corrected chi connectivity index (χ3v) is 7.80. The van der Waals surface area contributed by atoms with Crippen LogP contribution in [0.25, 0.3) is 0 Å². The average Bonchev–Trinajstić information content (AvgIpc) is 3.08. The minimum absolute atomic E-state index is 0.118. The van der Waals surface area contributed by atoms with Crippen molar-refractivity contribution in [3.05, 3.63) is 23.8 Å². The number of aryl methyl sites for hydroxylation is 3. The van der Waals surface area contributed by atoms with Crippen LogP contribution in [0, 0.1) is 13.8 Å². The Bertz CT molecular complexity index is 971. The Labute approximate surface area is 178 Å². The van der Waals surface area contributed by atoms with Crippen LogP contribution in [0.15, 0.2) is 17.3 Å². The smallest absolute Gasteiger partial charge is 0.262 e. The highest BCUT2D eigenvalue weighted by Gasteiger charge is 2.31. The lowest BCUT2D eigenvalue weighted by molar-refractivity contribution is 0.382. The first kappa shape index (κ1) is 21.0. The molecule has 2 aromatic heterocycles. The van der Waals surface area contributed by atoms with Crippen molar-refractivity contribution in [1.82, 2.24) is 23.8 Å². The maximum absolute atomic E-state index is 12.9. The molecule has 2 fully saturated rings. The number of hydrogen-bond donors (Lipinski definition) is 1. The van der Waals surface area contributed by atoms with Gasteiger partial charge in [-0.05, 0) is 26.7 Å². The van der Waals surface area contributed by atoms with Crippen LogP contribution < -0.4 is 10.2 Å². The van der Waals surface area contributed by atoms with Crippen molar-refractivity contribution >= 4 is 21.8 Å². The Morgan fingerprint density at radius 3 is 2.33 bits per heavy atom. The molecule has 3 heterocycles.